The third kappa shape index (κ3) is 8.94. The molecule has 5 rings (SSSR count). The molecule has 10 heteroatoms. The largest absolute Gasteiger partial charge is 2.00 e. The van der Waals surface area contributed by atoms with Crippen molar-refractivity contribution in [3.63, 3.8) is 0 Å². The fraction of sp³-hybridized carbons (Fsp3) is 0.450. The van der Waals surface area contributed by atoms with E-state index >= 15 is 0 Å². The van der Waals surface area contributed by atoms with E-state index in [1.807, 2.05) is 24.6 Å². The van der Waals surface area contributed by atoms with Crippen molar-refractivity contribution < 1.29 is 21.1 Å². The molecule has 0 aliphatic heterocycles. The van der Waals surface area contributed by atoms with Crippen molar-refractivity contribution in [1.82, 2.24) is 29.5 Å². The van der Waals surface area contributed by atoms with Crippen LogP contribution >= 0.6 is 23.5 Å². The van der Waals surface area contributed by atoms with Gasteiger partial charge in [0.1, 0.15) is 11.6 Å². The minimum absolute atomic E-state index is 0. The van der Waals surface area contributed by atoms with Gasteiger partial charge in [-0.05, 0) is 80.7 Å². The van der Waals surface area contributed by atoms with Gasteiger partial charge in [0.15, 0.2) is 0 Å². The number of hydrogen-bond acceptors (Lipinski definition) is 7. The predicted octanol–water partition coefficient (Wildman–Crippen LogP) is 10.5. The first-order valence-corrected chi connectivity index (χ1v) is 19.2. The third-order valence-corrected chi connectivity index (χ3v) is 9.80. The number of rotatable bonds is 7. The molecule has 0 radical (unpaired) electrons. The molecule has 0 bridgehead atoms. The van der Waals surface area contributed by atoms with E-state index < -0.39 is 0 Å². The molecule has 0 atom stereocenters. The van der Waals surface area contributed by atoms with E-state index in [1.54, 1.807) is 32.9 Å². The zero-order chi connectivity index (χ0) is 36.1. The van der Waals surface area contributed by atoms with Crippen LogP contribution in [0.15, 0.2) is 64.6 Å². The molecule has 0 aliphatic rings. The summed E-state index contributed by atoms with van der Waals surface area (Å²) in [6, 6.07) is 19.4. The second-order valence-electron chi connectivity index (χ2n) is 16.7. The summed E-state index contributed by atoms with van der Waals surface area (Å²) < 4.78 is 3.50. The van der Waals surface area contributed by atoms with E-state index in [-0.39, 0.29) is 42.7 Å². The Balaban J connectivity index is 0.00000562. The SMILES string of the molecule is CSc1c[c-]n(-c2cc(C(C)(C)C)cc(N(c3cc(C(C)(C)C)cc(C(C)(C)C)c3)c3cc(C(C)(C)C)cc(-n4[c-]cc(SC)n4)n3)n2)n1.[Pt+2]. The summed E-state index contributed by atoms with van der Waals surface area (Å²) in [5.41, 5.74) is 5.24. The Hall–Kier alpha value is -2.87. The maximum atomic E-state index is 5.33. The second kappa shape index (κ2) is 14.6. The van der Waals surface area contributed by atoms with Crippen LogP contribution in [0.2, 0.25) is 0 Å². The van der Waals surface area contributed by atoms with E-state index in [2.05, 4.69) is 143 Å². The molecule has 0 unspecified atom stereocenters. The van der Waals surface area contributed by atoms with Crippen LogP contribution in [0.5, 0.6) is 0 Å². The molecule has 0 aliphatic carbocycles. The molecule has 1 aromatic carbocycles. The van der Waals surface area contributed by atoms with Gasteiger partial charge < -0.3 is 9.36 Å². The standard InChI is InChI=1S/C40H51N7S2.Pt/c1-37(2,3)26-19-27(38(4,5)6)21-30(20-26)47(33-24-28(39(7,8)9)22-31(41-33)45-17-15-35(43-45)48-13)34-25-29(40(10,11)12)23-32(42-34)46-18-16-36(44-46)49-14;/h15-16,19-25H,1-14H3;/q-2;+2. The fourth-order valence-electron chi connectivity index (χ4n) is 5.28. The van der Waals surface area contributed by atoms with Crippen molar-refractivity contribution in [2.45, 2.75) is 115 Å². The van der Waals surface area contributed by atoms with Gasteiger partial charge in [0.05, 0.1) is 11.6 Å². The van der Waals surface area contributed by atoms with Crippen LogP contribution in [-0.2, 0) is 42.7 Å². The van der Waals surface area contributed by atoms with Gasteiger partial charge in [0, 0.05) is 15.7 Å². The normalized spacial score (nSPS) is 12.6. The minimum Gasteiger partial charge on any atom is -0.343 e. The smallest absolute Gasteiger partial charge is 0.343 e. The van der Waals surface area contributed by atoms with Crippen LogP contribution in [-0.4, -0.2) is 42.0 Å². The first kappa shape index (κ1) is 39.9. The molecule has 0 amide bonds. The molecular formula is C40H51N7PtS2. The summed E-state index contributed by atoms with van der Waals surface area (Å²) in [4.78, 5) is 12.9. The molecule has 7 nitrogen and oxygen atoms in total. The maximum absolute atomic E-state index is 5.33. The predicted molar refractivity (Wildman–Crippen MR) is 207 cm³/mol. The molecule has 0 spiro atoms. The van der Waals surface area contributed by atoms with Gasteiger partial charge in [0.2, 0.25) is 0 Å². The maximum Gasteiger partial charge on any atom is 2.00 e. The molecular weight excluding hydrogens is 838 g/mol. The van der Waals surface area contributed by atoms with Gasteiger partial charge in [-0.1, -0.05) is 114 Å². The van der Waals surface area contributed by atoms with E-state index in [4.69, 9.17) is 20.2 Å². The molecule has 4 aromatic heterocycles. The Kier molecular flexibility index (Phi) is 11.7. The van der Waals surface area contributed by atoms with Crippen molar-refractivity contribution in [2.75, 3.05) is 17.4 Å². The molecule has 0 saturated heterocycles. The Labute approximate surface area is 322 Å². The molecule has 5 aromatic rings. The van der Waals surface area contributed by atoms with Crippen LogP contribution in [0.4, 0.5) is 17.3 Å². The van der Waals surface area contributed by atoms with Crippen LogP contribution in [0, 0.1) is 12.4 Å². The van der Waals surface area contributed by atoms with Crippen molar-refractivity contribution >= 4 is 40.8 Å². The molecule has 50 heavy (non-hydrogen) atoms. The Bertz CT molecular complexity index is 1810. The van der Waals surface area contributed by atoms with Crippen molar-refractivity contribution in [3.05, 3.63) is 89.2 Å². The third-order valence-electron chi connectivity index (χ3n) is 8.56. The monoisotopic (exact) mass is 888 g/mol. The summed E-state index contributed by atoms with van der Waals surface area (Å²) in [6.07, 6.45) is 10.6. The average Bonchev–Trinajstić information content (AvgIpc) is 3.69. The fourth-order valence-corrected chi connectivity index (χ4v) is 5.95. The van der Waals surface area contributed by atoms with E-state index in [9.17, 15) is 0 Å². The number of benzene rings is 1. The summed E-state index contributed by atoms with van der Waals surface area (Å²) >= 11 is 3.18. The van der Waals surface area contributed by atoms with E-state index in [1.165, 1.54) is 11.1 Å². The van der Waals surface area contributed by atoms with E-state index in [0.717, 1.165) is 38.5 Å². The zero-order valence-corrected chi connectivity index (χ0v) is 35.9. The average molecular weight is 889 g/mol. The minimum atomic E-state index is -0.165. The van der Waals surface area contributed by atoms with Crippen LogP contribution in [0.1, 0.15) is 105 Å². The summed E-state index contributed by atoms with van der Waals surface area (Å²) in [7, 11) is 0. The van der Waals surface area contributed by atoms with Crippen molar-refractivity contribution in [2.24, 2.45) is 0 Å². The van der Waals surface area contributed by atoms with Crippen molar-refractivity contribution in [1.29, 1.82) is 0 Å². The van der Waals surface area contributed by atoms with Crippen molar-refractivity contribution in [3.8, 4) is 11.6 Å². The number of anilines is 3. The molecule has 0 N–H and O–H groups in total. The van der Waals surface area contributed by atoms with Gasteiger partial charge in [0.25, 0.3) is 0 Å². The topological polar surface area (TPSA) is 64.7 Å². The number of nitrogens with zero attached hydrogens (tertiary/aromatic N) is 7. The number of hydrogen-bond donors (Lipinski definition) is 0. The number of thioether (sulfide) groups is 2. The summed E-state index contributed by atoms with van der Waals surface area (Å²) in [6.45, 7) is 27.0. The second-order valence-corrected chi connectivity index (χ2v) is 18.4. The molecule has 0 fully saturated rings. The summed E-state index contributed by atoms with van der Waals surface area (Å²) in [5.74, 6) is 2.91. The van der Waals surface area contributed by atoms with Gasteiger partial charge >= 0.3 is 21.1 Å². The molecule has 4 heterocycles. The summed E-state index contributed by atoms with van der Waals surface area (Å²) in [5, 5.41) is 11.3. The quantitative estimate of drug-likeness (QED) is 0.119. The first-order valence-electron chi connectivity index (χ1n) is 16.7. The van der Waals surface area contributed by atoms with Gasteiger partial charge in [-0.15, -0.1) is 12.1 Å². The van der Waals surface area contributed by atoms with Crippen LogP contribution in [0.25, 0.3) is 11.6 Å². The molecule has 0 saturated carbocycles. The number of pyridine rings is 2. The van der Waals surface area contributed by atoms with Crippen LogP contribution < -0.4 is 4.90 Å². The van der Waals surface area contributed by atoms with Gasteiger partial charge in [-0.25, -0.2) is 0 Å². The number of aromatic nitrogens is 6. The van der Waals surface area contributed by atoms with E-state index in [0.29, 0.717) is 11.6 Å². The Morgan fingerprint density at radius 2 is 0.860 bits per heavy atom. The first-order chi connectivity index (χ1) is 22.7. The Morgan fingerprint density at radius 1 is 0.520 bits per heavy atom. The van der Waals surface area contributed by atoms with Gasteiger partial charge in [-0.2, -0.15) is 23.5 Å². The molecule has 268 valence electrons. The van der Waals surface area contributed by atoms with Crippen LogP contribution in [0.3, 0.4) is 0 Å². The van der Waals surface area contributed by atoms with Gasteiger partial charge in [-0.3, -0.25) is 25.1 Å². The Morgan fingerprint density at radius 3 is 1.16 bits per heavy atom. The zero-order valence-electron chi connectivity index (χ0n) is 32.0.